The molecule has 1 aliphatic rings. The summed E-state index contributed by atoms with van der Waals surface area (Å²) in [5, 5.41) is 0.626. The van der Waals surface area contributed by atoms with Crippen LogP contribution >= 0.6 is 11.6 Å². The second-order valence-corrected chi connectivity index (χ2v) is 5.23. The predicted octanol–water partition coefficient (Wildman–Crippen LogP) is 2.92. The van der Waals surface area contributed by atoms with Gasteiger partial charge in [0.15, 0.2) is 0 Å². The van der Waals surface area contributed by atoms with Gasteiger partial charge in [0.05, 0.1) is 16.8 Å². The van der Waals surface area contributed by atoms with Crippen LogP contribution in [0.5, 0.6) is 0 Å². The third kappa shape index (κ3) is 3.61. The molecule has 0 amide bonds. The van der Waals surface area contributed by atoms with Crippen molar-refractivity contribution in [2.45, 2.75) is 32.4 Å². The second kappa shape index (κ2) is 6.41. The van der Waals surface area contributed by atoms with Gasteiger partial charge in [0.25, 0.3) is 0 Å². The number of rotatable bonds is 5. The van der Waals surface area contributed by atoms with E-state index in [1.807, 2.05) is 18.2 Å². The Balaban J connectivity index is 1.94. The van der Waals surface area contributed by atoms with Crippen LogP contribution in [-0.4, -0.2) is 30.7 Å². The number of ether oxygens (including phenoxy) is 1. The van der Waals surface area contributed by atoms with E-state index in [9.17, 15) is 0 Å². The van der Waals surface area contributed by atoms with Gasteiger partial charge in [-0.25, -0.2) is 0 Å². The van der Waals surface area contributed by atoms with E-state index in [-0.39, 0.29) is 0 Å². The van der Waals surface area contributed by atoms with Gasteiger partial charge in [-0.15, -0.1) is 0 Å². The van der Waals surface area contributed by atoms with E-state index >= 15 is 0 Å². The molecule has 2 rings (SSSR count). The minimum Gasteiger partial charge on any atom is -0.398 e. The molecule has 0 spiro atoms. The molecule has 0 saturated carbocycles. The predicted molar refractivity (Wildman–Crippen MR) is 75.8 cm³/mol. The van der Waals surface area contributed by atoms with Crippen molar-refractivity contribution in [1.29, 1.82) is 0 Å². The highest BCUT2D eigenvalue weighted by Crippen LogP contribution is 2.21. The number of anilines is 1. The van der Waals surface area contributed by atoms with Crippen LogP contribution in [-0.2, 0) is 11.3 Å². The lowest BCUT2D eigenvalue weighted by Crippen LogP contribution is -2.31. The third-order valence-electron chi connectivity index (χ3n) is 3.40. The summed E-state index contributed by atoms with van der Waals surface area (Å²) in [6.07, 6.45) is 2.77. The molecule has 1 aliphatic heterocycles. The molecule has 0 aliphatic carbocycles. The van der Waals surface area contributed by atoms with Crippen molar-refractivity contribution in [2.24, 2.45) is 0 Å². The molecule has 1 heterocycles. The number of hydrogen-bond acceptors (Lipinski definition) is 3. The fraction of sp³-hybridized carbons (Fsp3) is 0.571. The molecule has 0 radical (unpaired) electrons. The highest BCUT2D eigenvalue weighted by Gasteiger charge is 2.18. The Morgan fingerprint density at radius 1 is 1.50 bits per heavy atom. The van der Waals surface area contributed by atoms with Gasteiger partial charge in [-0.3, -0.25) is 4.90 Å². The maximum absolute atomic E-state index is 5.93. The zero-order valence-electron chi connectivity index (χ0n) is 10.9. The number of nitrogens with two attached hydrogens (primary N) is 1. The molecule has 1 aromatic carbocycles. The SMILES string of the molecule is CCN(Cc1ccc(Cl)c(N)c1)CC1CCCO1. The Labute approximate surface area is 114 Å². The molecule has 18 heavy (non-hydrogen) atoms. The van der Waals surface area contributed by atoms with Gasteiger partial charge in [0.2, 0.25) is 0 Å². The fourth-order valence-corrected chi connectivity index (χ4v) is 2.45. The topological polar surface area (TPSA) is 38.5 Å². The molecule has 1 saturated heterocycles. The van der Waals surface area contributed by atoms with Crippen molar-refractivity contribution in [2.75, 3.05) is 25.4 Å². The van der Waals surface area contributed by atoms with E-state index in [1.165, 1.54) is 18.4 Å². The van der Waals surface area contributed by atoms with Crippen LogP contribution in [0.3, 0.4) is 0 Å². The third-order valence-corrected chi connectivity index (χ3v) is 3.74. The number of likely N-dealkylation sites (N-methyl/N-ethyl adjacent to an activating group) is 1. The monoisotopic (exact) mass is 268 g/mol. The van der Waals surface area contributed by atoms with Crippen LogP contribution in [0.25, 0.3) is 0 Å². The molecule has 1 unspecified atom stereocenters. The van der Waals surface area contributed by atoms with Gasteiger partial charge in [-0.05, 0) is 37.1 Å². The van der Waals surface area contributed by atoms with Crippen LogP contribution in [0.1, 0.15) is 25.3 Å². The van der Waals surface area contributed by atoms with Gasteiger partial charge in [0, 0.05) is 19.7 Å². The molecular weight excluding hydrogens is 248 g/mol. The van der Waals surface area contributed by atoms with Crippen molar-refractivity contribution in [3.63, 3.8) is 0 Å². The highest BCUT2D eigenvalue weighted by atomic mass is 35.5. The zero-order valence-corrected chi connectivity index (χ0v) is 11.6. The first kappa shape index (κ1) is 13.7. The molecule has 0 bridgehead atoms. The van der Waals surface area contributed by atoms with E-state index in [0.29, 0.717) is 16.8 Å². The van der Waals surface area contributed by atoms with Gasteiger partial charge in [-0.1, -0.05) is 24.6 Å². The number of halogens is 1. The van der Waals surface area contributed by atoms with Crippen LogP contribution in [0.2, 0.25) is 5.02 Å². The maximum atomic E-state index is 5.93. The molecule has 1 aromatic rings. The van der Waals surface area contributed by atoms with E-state index in [1.54, 1.807) is 0 Å². The summed E-state index contributed by atoms with van der Waals surface area (Å²) in [5.74, 6) is 0. The van der Waals surface area contributed by atoms with Gasteiger partial charge < -0.3 is 10.5 Å². The Morgan fingerprint density at radius 2 is 2.33 bits per heavy atom. The van der Waals surface area contributed by atoms with E-state index in [2.05, 4.69) is 11.8 Å². The standard InChI is InChI=1S/C14H21ClN2O/c1-2-17(10-12-4-3-7-18-12)9-11-5-6-13(15)14(16)8-11/h5-6,8,12H,2-4,7,9-10,16H2,1H3. The molecule has 100 valence electrons. The summed E-state index contributed by atoms with van der Waals surface area (Å²) in [6.45, 7) is 6.00. The first-order chi connectivity index (χ1) is 8.69. The number of nitrogen functional groups attached to an aromatic ring is 1. The number of benzene rings is 1. The van der Waals surface area contributed by atoms with Crippen molar-refractivity contribution < 1.29 is 4.74 Å². The summed E-state index contributed by atoms with van der Waals surface area (Å²) in [6, 6.07) is 5.86. The minimum absolute atomic E-state index is 0.398. The van der Waals surface area contributed by atoms with Gasteiger partial charge in [0.1, 0.15) is 0 Å². The lowest BCUT2D eigenvalue weighted by Gasteiger charge is -2.23. The van der Waals surface area contributed by atoms with Gasteiger partial charge in [-0.2, -0.15) is 0 Å². The largest absolute Gasteiger partial charge is 0.398 e. The second-order valence-electron chi connectivity index (χ2n) is 4.82. The normalized spacial score (nSPS) is 19.6. The zero-order chi connectivity index (χ0) is 13.0. The van der Waals surface area contributed by atoms with E-state index in [4.69, 9.17) is 22.1 Å². The lowest BCUT2D eigenvalue weighted by atomic mass is 10.1. The Hall–Kier alpha value is -0.770. The molecule has 0 aromatic heterocycles. The van der Waals surface area contributed by atoms with Crippen molar-refractivity contribution in [3.05, 3.63) is 28.8 Å². The van der Waals surface area contributed by atoms with Crippen LogP contribution in [0, 0.1) is 0 Å². The molecule has 4 heteroatoms. The molecular formula is C14H21ClN2O. The first-order valence-electron chi connectivity index (χ1n) is 6.57. The van der Waals surface area contributed by atoms with Crippen molar-refractivity contribution in [3.8, 4) is 0 Å². The van der Waals surface area contributed by atoms with Crippen LogP contribution in [0.4, 0.5) is 5.69 Å². The Morgan fingerprint density at radius 3 is 2.94 bits per heavy atom. The smallest absolute Gasteiger partial charge is 0.0702 e. The Bertz CT molecular complexity index is 391. The molecule has 2 N–H and O–H groups in total. The quantitative estimate of drug-likeness (QED) is 0.835. The summed E-state index contributed by atoms with van der Waals surface area (Å²) in [5.41, 5.74) is 7.69. The summed E-state index contributed by atoms with van der Waals surface area (Å²) < 4.78 is 5.68. The maximum Gasteiger partial charge on any atom is 0.0702 e. The summed E-state index contributed by atoms with van der Waals surface area (Å²) in [7, 11) is 0. The van der Waals surface area contributed by atoms with Gasteiger partial charge >= 0.3 is 0 Å². The summed E-state index contributed by atoms with van der Waals surface area (Å²) in [4.78, 5) is 2.39. The van der Waals surface area contributed by atoms with Crippen LogP contribution in [0.15, 0.2) is 18.2 Å². The molecule has 3 nitrogen and oxygen atoms in total. The fourth-order valence-electron chi connectivity index (χ4n) is 2.33. The van der Waals surface area contributed by atoms with Crippen molar-refractivity contribution in [1.82, 2.24) is 4.90 Å². The van der Waals surface area contributed by atoms with E-state index in [0.717, 1.165) is 26.2 Å². The molecule has 1 atom stereocenters. The van der Waals surface area contributed by atoms with Crippen molar-refractivity contribution >= 4 is 17.3 Å². The average molecular weight is 269 g/mol. The first-order valence-corrected chi connectivity index (χ1v) is 6.94. The van der Waals surface area contributed by atoms with Crippen LogP contribution < -0.4 is 5.73 Å². The number of hydrogen-bond donors (Lipinski definition) is 1. The number of nitrogens with zero attached hydrogens (tertiary/aromatic N) is 1. The summed E-state index contributed by atoms with van der Waals surface area (Å²) >= 11 is 5.93. The molecule has 1 fully saturated rings. The minimum atomic E-state index is 0.398. The Kier molecular flexibility index (Phi) is 4.87. The van der Waals surface area contributed by atoms with E-state index < -0.39 is 0 Å². The average Bonchev–Trinajstić information content (AvgIpc) is 2.86. The highest BCUT2D eigenvalue weighted by molar-refractivity contribution is 6.33. The lowest BCUT2D eigenvalue weighted by molar-refractivity contribution is 0.0725.